The van der Waals surface area contributed by atoms with Crippen molar-refractivity contribution in [1.82, 2.24) is 14.7 Å². The van der Waals surface area contributed by atoms with Gasteiger partial charge in [-0.1, -0.05) is 6.07 Å². The number of aliphatic hydroxyl groups excluding tert-OH is 1. The summed E-state index contributed by atoms with van der Waals surface area (Å²) in [6.45, 7) is 5.60. The van der Waals surface area contributed by atoms with Crippen LogP contribution in [0.1, 0.15) is 24.8 Å². The highest BCUT2D eigenvalue weighted by atomic mass is 16.7. The lowest BCUT2D eigenvalue weighted by molar-refractivity contribution is -0.161. The molecule has 33 heavy (non-hydrogen) atoms. The van der Waals surface area contributed by atoms with Gasteiger partial charge in [0.2, 0.25) is 12.7 Å². The largest absolute Gasteiger partial charge is 0.454 e. The summed E-state index contributed by atoms with van der Waals surface area (Å²) < 4.78 is 23.2. The van der Waals surface area contributed by atoms with Gasteiger partial charge in [-0.3, -0.25) is 9.69 Å². The van der Waals surface area contributed by atoms with E-state index in [0.29, 0.717) is 26.1 Å². The van der Waals surface area contributed by atoms with Crippen LogP contribution in [0.5, 0.6) is 11.5 Å². The van der Waals surface area contributed by atoms with Gasteiger partial charge in [0.25, 0.3) is 0 Å². The average Bonchev–Trinajstić information content (AvgIpc) is 3.26. The van der Waals surface area contributed by atoms with E-state index in [2.05, 4.69) is 16.8 Å². The number of ether oxygens (including phenoxy) is 4. The third-order valence-corrected chi connectivity index (χ3v) is 7.17. The van der Waals surface area contributed by atoms with E-state index in [4.69, 9.17) is 18.9 Å². The van der Waals surface area contributed by atoms with Crippen LogP contribution >= 0.6 is 0 Å². The molecule has 4 heterocycles. The van der Waals surface area contributed by atoms with Crippen molar-refractivity contribution >= 4 is 5.91 Å². The van der Waals surface area contributed by atoms with E-state index < -0.39 is 6.10 Å². The van der Waals surface area contributed by atoms with Crippen LogP contribution in [-0.2, 0) is 20.8 Å². The first-order valence-corrected chi connectivity index (χ1v) is 12.1. The Hall–Kier alpha value is -1.91. The van der Waals surface area contributed by atoms with Gasteiger partial charge in [0, 0.05) is 45.3 Å². The molecule has 0 aliphatic carbocycles. The Morgan fingerprint density at radius 1 is 1.09 bits per heavy atom. The summed E-state index contributed by atoms with van der Waals surface area (Å²) in [5.41, 5.74) is 1.11. The molecule has 182 valence electrons. The fraction of sp³-hybridized carbons (Fsp3) is 0.708. The number of piperazine rings is 1. The smallest absolute Gasteiger partial charge is 0.231 e. The third-order valence-electron chi connectivity index (χ3n) is 7.17. The number of β-amino-alcohol motifs (C(OH)–C–C–N with tert-alkyl or cyclic N) is 1. The summed E-state index contributed by atoms with van der Waals surface area (Å²) in [6, 6.07) is 6.13. The van der Waals surface area contributed by atoms with Crippen LogP contribution in [0.25, 0.3) is 0 Å². The maximum Gasteiger partial charge on any atom is 0.231 e. The predicted molar refractivity (Wildman–Crippen MR) is 120 cm³/mol. The Bertz CT molecular complexity index is 830. The quantitative estimate of drug-likeness (QED) is 0.701. The minimum Gasteiger partial charge on any atom is -0.454 e. The van der Waals surface area contributed by atoms with E-state index in [9.17, 15) is 9.90 Å². The van der Waals surface area contributed by atoms with Gasteiger partial charge in [-0.15, -0.1) is 0 Å². The monoisotopic (exact) mass is 461 g/mol. The van der Waals surface area contributed by atoms with E-state index in [1.54, 1.807) is 0 Å². The second kappa shape index (κ2) is 10.1. The molecule has 3 saturated heterocycles. The van der Waals surface area contributed by atoms with Crippen LogP contribution in [0.2, 0.25) is 0 Å². The van der Waals surface area contributed by atoms with E-state index in [-0.39, 0.29) is 37.6 Å². The van der Waals surface area contributed by atoms with Crippen LogP contribution < -0.4 is 9.47 Å². The number of rotatable bonds is 4. The van der Waals surface area contributed by atoms with Gasteiger partial charge in [-0.2, -0.15) is 0 Å². The van der Waals surface area contributed by atoms with Crippen LogP contribution in [0.15, 0.2) is 18.2 Å². The lowest BCUT2D eigenvalue weighted by Gasteiger charge is -2.45. The molecule has 0 spiro atoms. The number of likely N-dealkylation sites (N-methyl/N-ethyl adjacent to an activating group) is 1. The molecule has 1 N–H and O–H groups in total. The molecule has 0 radical (unpaired) electrons. The van der Waals surface area contributed by atoms with Gasteiger partial charge in [0.1, 0.15) is 0 Å². The molecule has 9 heteroatoms. The second-order valence-corrected chi connectivity index (χ2v) is 9.64. The topological polar surface area (TPSA) is 83.9 Å². The van der Waals surface area contributed by atoms with Gasteiger partial charge in [0.15, 0.2) is 11.5 Å². The first-order chi connectivity index (χ1) is 16.0. The fourth-order valence-electron chi connectivity index (χ4n) is 5.28. The SMILES string of the molecule is CN1CCN(C(=O)C[C@H]2CC[C@H]3[C@@H](COC[C@@H](O)CN3Cc3ccc4c(c3)OCO4)O2)CC1. The number of amides is 1. The maximum absolute atomic E-state index is 12.8. The molecule has 1 aromatic carbocycles. The Morgan fingerprint density at radius 2 is 1.91 bits per heavy atom. The lowest BCUT2D eigenvalue weighted by atomic mass is 9.94. The van der Waals surface area contributed by atoms with Gasteiger partial charge < -0.3 is 33.9 Å². The predicted octanol–water partition coefficient (Wildman–Crippen LogP) is 0.689. The first-order valence-electron chi connectivity index (χ1n) is 12.1. The zero-order valence-corrected chi connectivity index (χ0v) is 19.4. The Balaban J connectivity index is 1.23. The minimum absolute atomic E-state index is 0.0845. The molecule has 4 aliphatic rings. The Morgan fingerprint density at radius 3 is 2.76 bits per heavy atom. The van der Waals surface area contributed by atoms with Crippen molar-refractivity contribution in [2.45, 2.75) is 50.2 Å². The van der Waals surface area contributed by atoms with Crippen LogP contribution in [0, 0.1) is 0 Å². The molecule has 1 aromatic rings. The van der Waals surface area contributed by atoms with Crippen LogP contribution in [0.4, 0.5) is 0 Å². The molecule has 9 nitrogen and oxygen atoms in total. The standard InChI is InChI=1S/C24H35N3O6/c1-25-6-8-26(9-7-25)24(29)11-19-3-4-20-23(33-19)15-30-14-18(28)13-27(20)12-17-2-5-21-22(10-17)32-16-31-21/h2,5,10,18-20,23,28H,3-4,6-9,11-16H2,1H3/t18-,19+,20-,23+/m0/s1. The van der Waals surface area contributed by atoms with E-state index in [0.717, 1.165) is 56.1 Å². The molecular weight excluding hydrogens is 426 g/mol. The maximum atomic E-state index is 12.8. The molecule has 5 rings (SSSR count). The molecule has 3 fully saturated rings. The molecule has 4 aliphatic heterocycles. The van der Waals surface area contributed by atoms with Crippen molar-refractivity contribution in [3.8, 4) is 11.5 Å². The van der Waals surface area contributed by atoms with Gasteiger partial charge >= 0.3 is 0 Å². The summed E-state index contributed by atoms with van der Waals surface area (Å²) >= 11 is 0. The minimum atomic E-state index is -0.545. The van der Waals surface area contributed by atoms with Gasteiger partial charge in [-0.25, -0.2) is 0 Å². The number of carbonyl (C=O) groups excluding carboxylic acids is 1. The van der Waals surface area contributed by atoms with Crippen LogP contribution in [0.3, 0.4) is 0 Å². The Labute approximate surface area is 195 Å². The fourth-order valence-corrected chi connectivity index (χ4v) is 5.28. The van der Waals surface area contributed by atoms with Crippen LogP contribution in [-0.4, -0.2) is 110 Å². The second-order valence-electron chi connectivity index (χ2n) is 9.64. The highest BCUT2D eigenvalue weighted by Crippen LogP contribution is 2.34. The lowest BCUT2D eigenvalue weighted by Crippen LogP contribution is -2.55. The summed E-state index contributed by atoms with van der Waals surface area (Å²) in [5, 5.41) is 10.4. The molecule has 0 aromatic heterocycles. The number of carbonyl (C=O) groups is 1. The van der Waals surface area contributed by atoms with Crippen molar-refractivity contribution in [2.75, 3.05) is 59.8 Å². The molecule has 0 saturated carbocycles. The number of benzene rings is 1. The number of aliphatic hydroxyl groups is 1. The van der Waals surface area contributed by atoms with Gasteiger partial charge in [-0.05, 0) is 37.6 Å². The molecule has 0 bridgehead atoms. The zero-order valence-electron chi connectivity index (χ0n) is 19.4. The normalized spacial score (nSPS) is 31.0. The molecule has 0 unspecified atom stereocenters. The van der Waals surface area contributed by atoms with E-state index in [1.165, 1.54) is 0 Å². The van der Waals surface area contributed by atoms with E-state index in [1.807, 2.05) is 23.1 Å². The highest BCUT2D eigenvalue weighted by molar-refractivity contribution is 5.76. The molecule has 4 atom stereocenters. The number of nitrogens with zero attached hydrogens (tertiary/aromatic N) is 3. The summed E-state index contributed by atoms with van der Waals surface area (Å²) in [6.07, 6.45) is 1.42. The third kappa shape index (κ3) is 5.44. The molecular formula is C24H35N3O6. The first kappa shape index (κ1) is 22.9. The van der Waals surface area contributed by atoms with Crippen molar-refractivity contribution in [3.05, 3.63) is 23.8 Å². The van der Waals surface area contributed by atoms with Crippen molar-refractivity contribution < 1.29 is 28.8 Å². The highest BCUT2D eigenvalue weighted by Gasteiger charge is 2.38. The van der Waals surface area contributed by atoms with Crippen molar-refractivity contribution in [1.29, 1.82) is 0 Å². The Kier molecular flexibility index (Phi) is 7.03. The summed E-state index contributed by atoms with van der Waals surface area (Å²) in [7, 11) is 2.09. The number of fused-ring (bicyclic) bond motifs is 2. The summed E-state index contributed by atoms with van der Waals surface area (Å²) in [5.74, 6) is 1.72. The zero-order chi connectivity index (χ0) is 22.8. The van der Waals surface area contributed by atoms with E-state index >= 15 is 0 Å². The van der Waals surface area contributed by atoms with Crippen molar-refractivity contribution in [2.24, 2.45) is 0 Å². The summed E-state index contributed by atoms with van der Waals surface area (Å²) in [4.78, 5) is 19.3. The average molecular weight is 462 g/mol. The van der Waals surface area contributed by atoms with Crippen molar-refractivity contribution in [3.63, 3.8) is 0 Å². The number of hydrogen-bond donors (Lipinski definition) is 1. The molecule has 1 amide bonds. The van der Waals surface area contributed by atoms with Gasteiger partial charge in [0.05, 0.1) is 37.9 Å². The number of hydrogen-bond acceptors (Lipinski definition) is 8.